The Bertz CT molecular complexity index is 360. The lowest BCUT2D eigenvalue weighted by Crippen LogP contribution is -2.36. The monoisotopic (exact) mass is 221 g/mol. The SMILES string of the molecule is Cc1cc(C)nc(N2CCC(C)C2CO)n1. The second kappa shape index (κ2) is 4.37. The lowest BCUT2D eigenvalue weighted by atomic mass is 10.0. The van der Waals surface area contributed by atoms with Crippen LogP contribution in [0.4, 0.5) is 5.95 Å². The van der Waals surface area contributed by atoms with Gasteiger partial charge in [0.2, 0.25) is 5.95 Å². The molecule has 2 unspecified atom stereocenters. The van der Waals surface area contributed by atoms with E-state index in [-0.39, 0.29) is 12.6 Å². The fourth-order valence-corrected chi connectivity index (χ4v) is 2.37. The third-order valence-corrected chi connectivity index (χ3v) is 3.30. The summed E-state index contributed by atoms with van der Waals surface area (Å²) in [4.78, 5) is 11.0. The Kier molecular flexibility index (Phi) is 3.10. The molecule has 0 bridgehead atoms. The number of aromatic nitrogens is 2. The number of aliphatic hydroxyl groups is 1. The highest BCUT2D eigenvalue weighted by molar-refractivity contribution is 5.36. The molecule has 4 heteroatoms. The summed E-state index contributed by atoms with van der Waals surface area (Å²) in [5, 5.41) is 9.41. The quantitative estimate of drug-likeness (QED) is 0.818. The first-order valence-corrected chi connectivity index (χ1v) is 5.81. The Balaban J connectivity index is 2.29. The van der Waals surface area contributed by atoms with E-state index in [2.05, 4.69) is 21.8 Å². The molecule has 0 saturated carbocycles. The Morgan fingerprint density at radius 3 is 2.56 bits per heavy atom. The maximum absolute atomic E-state index is 9.41. The van der Waals surface area contributed by atoms with Gasteiger partial charge in [-0.15, -0.1) is 0 Å². The number of hydrogen-bond acceptors (Lipinski definition) is 4. The van der Waals surface area contributed by atoms with Gasteiger partial charge in [-0.25, -0.2) is 9.97 Å². The van der Waals surface area contributed by atoms with Crippen molar-refractivity contribution in [3.05, 3.63) is 17.5 Å². The molecule has 1 fully saturated rings. The minimum absolute atomic E-state index is 0.168. The normalized spacial score (nSPS) is 25.1. The number of nitrogens with zero attached hydrogens (tertiary/aromatic N) is 3. The molecule has 1 aromatic heterocycles. The molecular weight excluding hydrogens is 202 g/mol. The molecule has 16 heavy (non-hydrogen) atoms. The Morgan fingerprint density at radius 2 is 2.00 bits per heavy atom. The predicted molar refractivity (Wildman–Crippen MR) is 63.5 cm³/mol. The van der Waals surface area contributed by atoms with Crippen LogP contribution in [0.5, 0.6) is 0 Å². The van der Waals surface area contributed by atoms with Crippen molar-refractivity contribution in [3.8, 4) is 0 Å². The zero-order chi connectivity index (χ0) is 11.7. The van der Waals surface area contributed by atoms with E-state index in [9.17, 15) is 5.11 Å². The number of aliphatic hydroxyl groups excluding tert-OH is 1. The van der Waals surface area contributed by atoms with E-state index in [0.29, 0.717) is 5.92 Å². The highest BCUT2D eigenvalue weighted by Gasteiger charge is 2.32. The van der Waals surface area contributed by atoms with E-state index in [1.807, 2.05) is 19.9 Å². The van der Waals surface area contributed by atoms with Crippen molar-refractivity contribution in [2.24, 2.45) is 5.92 Å². The molecule has 1 aliphatic rings. The molecule has 1 N–H and O–H groups in total. The summed E-state index contributed by atoms with van der Waals surface area (Å²) in [6.45, 7) is 7.24. The zero-order valence-electron chi connectivity index (χ0n) is 10.1. The maximum atomic E-state index is 9.41. The Morgan fingerprint density at radius 1 is 1.38 bits per heavy atom. The molecule has 2 atom stereocenters. The molecule has 0 aliphatic carbocycles. The van der Waals surface area contributed by atoms with Gasteiger partial charge >= 0.3 is 0 Å². The summed E-state index contributed by atoms with van der Waals surface area (Å²) in [5.41, 5.74) is 1.97. The van der Waals surface area contributed by atoms with Crippen LogP contribution >= 0.6 is 0 Å². The summed E-state index contributed by atoms with van der Waals surface area (Å²) in [6, 6.07) is 2.14. The molecule has 1 saturated heterocycles. The van der Waals surface area contributed by atoms with Gasteiger partial charge < -0.3 is 10.0 Å². The fourth-order valence-electron chi connectivity index (χ4n) is 2.37. The van der Waals surface area contributed by atoms with Gasteiger partial charge in [0.15, 0.2) is 0 Å². The van der Waals surface area contributed by atoms with Crippen molar-refractivity contribution in [2.45, 2.75) is 33.2 Å². The zero-order valence-corrected chi connectivity index (χ0v) is 10.1. The van der Waals surface area contributed by atoms with Crippen molar-refractivity contribution in [1.29, 1.82) is 0 Å². The molecule has 88 valence electrons. The molecule has 0 aromatic carbocycles. The van der Waals surface area contributed by atoms with Crippen LogP contribution in [0, 0.1) is 19.8 Å². The van der Waals surface area contributed by atoms with Crippen molar-refractivity contribution in [2.75, 3.05) is 18.1 Å². The van der Waals surface area contributed by atoms with Crippen LogP contribution < -0.4 is 4.90 Å². The average Bonchev–Trinajstić information content (AvgIpc) is 2.58. The van der Waals surface area contributed by atoms with Crippen LogP contribution in [0.3, 0.4) is 0 Å². The number of aryl methyl sites for hydroxylation is 2. The van der Waals surface area contributed by atoms with Crippen LogP contribution in [0.25, 0.3) is 0 Å². The maximum Gasteiger partial charge on any atom is 0.226 e. The van der Waals surface area contributed by atoms with Crippen LogP contribution in [0.15, 0.2) is 6.07 Å². The van der Waals surface area contributed by atoms with E-state index in [4.69, 9.17) is 0 Å². The van der Waals surface area contributed by atoms with Crippen LogP contribution in [0.1, 0.15) is 24.7 Å². The van der Waals surface area contributed by atoms with Crippen LogP contribution in [0.2, 0.25) is 0 Å². The summed E-state index contributed by atoms with van der Waals surface area (Å²) < 4.78 is 0. The summed E-state index contributed by atoms with van der Waals surface area (Å²) >= 11 is 0. The molecule has 2 heterocycles. The van der Waals surface area contributed by atoms with Crippen molar-refractivity contribution < 1.29 is 5.11 Å². The second-order valence-electron chi connectivity index (χ2n) is 4.66. The van der Waals surface area contributed by atoms with Crippen molar-refractivity contribution >= 4 is 5.95 Å². The second-order valence-corrected chi connectivity index (χ2v) is 4.66. The van der Waals surface area contributed by atoms with E-state index < -0.39 is 0 Å². The number of anilines is 1. The molecule has 2 rings (SSSR count). The molecule has 4 nitrogen and oxygen atoms in total. The van der Waals surface area contributed by atoms with Gasteiger partial charge in [-0.2, -0.15) is 0 Å². The van der Waals surface area contributed by atoms with Gasteiger partial charge in [-0.05, 0) is 32.3 Å². The minimum Gasteiger partial charge on any atom is -0.394 e. The van der Waals surface area contributed by atoms with Gasteiger partial charge in [0.25, 0.3) is 0 Å². The first-order chi connectivity index (χ1) is 7.61. The molecule has 0 amide bonds. The largest absolute Gasteiger partial charge is 0.394 e. The summed E-state index contributed by atoms with van der Waals surface area (Å²) in [7, 11) is 0. The Hall–Kier alpha value is -1.16. The highest BCUT2D eigenvalue weighted by atomic mass is 16.3. The van der Waals surface area contributed by atoms with Gasteiger partial charge in [0.05, 0.1) is 12.6 Å². The topological polar surface area (TPSA) is 49.2 Å². The third kappa shape index (κ3) is 2.02. The number of rotatable bonds is 2. The van der Waals surface area contributed by atoms with Gasteiger partial charge in [-0.3, -0.25) is 0 Å². The average molecular weight is 221 g/mol. The lowest BCUT2D eigenvalue weighted by molar-refractivity contribution is 0.244. The fraction of sp³-hybridized carbons (Fsp3) is 0.667. The molecule has 0 spiro atoms. The standard InChI is InChI=1S/C12H19N3O/c1-8-4-5-15(11(8)7-16)12-13-9(2)6-10(3)14-12/h6,8,11,16H,4-5,7H2,1-3H3. The van der Waals surface area contributed by atoms with Crippen LogP contribution in [-0.4, -0.2) is 34.3 Å². The molecule has 0 radical (unpaired) electrons. The lowest BCUT2D eigenvalue weighted by Gasteiger charge is -2.25. The van der Waals surface area contributed by atoms with Crippen LogP contribution in [-0.2, 0) is 0 Å². The van der Waals surface area contributed by atoms with Gasteiger partial charge in [0.1, 0.15) is 0 Å². The van der Waals surface area contributed by atoms with Gasteiger partial charge in [0, 0.05) is 17.9 Å². The van der Waals surface area contributed by atoms with E-state index >= 15 is 0 Å². The summed E-state index contributed by atoms with van der Waals surface area (Å²) in [6.07, 6.45) is 1.10. The van der Waals surface area contributed by atoms with E-state index in [0.717, 1.165) is 30.3 Å². The minimum atomic E-state index is 0.168. The van der Waals surface area contributed by atoms with E-state index in [1.54, 1.807) is 0 Å². The Labute approximate surface area is 96.3 Å². The smallest absolute Gasteiger partial charge is 0.226 e. The van der Waals surface area contributed by atoms with Crippen molar-refractivity contribution in [3.63, 3.8) is 0 Å². The molecule has 1 aliphatic heterocycles. The number of hydrogen-bond donors (Lipinski definition) is 1. The van der Waals surface area contributed by atoms with Crippen molar-refractivity contribution in [1.82, 2.24) is 9.97 Å². The highest BCUT2D eigenvalue weighted by Crippen LogP contribution is 2.27. The van der Waals surface area contributed by atoms with Gasteiger partial charge in [-0.1, -0.05) is 6.92 Å². The first kappa shape index (κ1) is 11.3. The summed E-state index contributed by atoms with van der Waals surface area (Å²) in [5.74, 6) is 1.27. The predicted octanol–water partition coefficient (Wildman–Crippen LogP) is 1.30. The molecular formula is C12H19N3O. The first-order valence-electron chi connectivity index (χ1n) is 5.81. The third-order valence-electron chi connectivity index (χ3n) is 3.30. The molecule has 1 aromatic rings. The van der Waals surface area contributed by atoms with E-state index in [1.165, 1.54) is 0 Å².